The number of carbonyl (C=O) groups is 2. The molecule has 0 bridgehead atoms. The van der Waals surface area contributed by atoms with Gasteiger partial charge in [-0.15, -0.1) is 0 Å². The highest BCUT2D eigenvalue weighted by Gasteiger charge is 2.20. The van der Waals surface area contributed by atoms with E-state index < -0.39 is 23.5 Å². The minimum absolute atomic E-state index is 0.174. The number of esters is 1. The Labute approximate surface area is 77.4 Å². The zero-order chi connectivity index (χ0) is 10.6. The van der Waals surface area contributed by atoms with Crippen LogP contribution in [0.5, 0.6) is 0 Å². The Morgan fingerprint density at radius 3 is 2.15 bits per heavy atom. The maximum absolute atomic E-state index is 11.1. The topological polar surface area (TPSA) is 95.4 Å². The highest BCUT2D eigenvalue weighted by molar-refractivity contribution is 5.85. The predicted octanol–water partition coefficient (Wildman–Crippen LogP) is -0.469. The van der Waals surface area contributed by atoms with E-state index in [1.165, 1.54) is 0 Å². The van der Waals surface area contributed by atoms with Crippen LogP contribution in [-0.4, -0.2) is 23.5 Å². The quantitative estimate of drug-likeness (QED) is 0.585. The smallest absolute Gasteiger partial charge is 0.308 e. The molecule has 0 aliphatic rings. The molecule has 0 aromatic carbocycles. The van der Waals surface area contributed by atoms with Gasteiger partial charge in [-0.3, -0.25) is 9.59 Å². The summed E-state index contributed by atoms with van der Waals surface area (Å²) in [4.78, 5) is 21.6. The Morgan fingerprint density at radius 2 is 1.85 bits per heavy atom. The second-order valence-corrected chi connectivity index (χ2v) is 3.80. The second-order valence-electron chi connectivity index (χ2n) is 3.80. The molecule has 4 N–H and O–H groups in total. The third-order valence-corrected chi connectivity index (χ3v) is 1.17. The fourth-order valence-corrected chi connectivity index (χ4v) is 0.663. The molecule has 0 rings (SSSR count). The lowest BCUT2D eigenvalue weighted by atomic mass is 10.1. The van der Waals surface area contributed by atoms with Crippen molar-refractivity contribution in [3.8, 4) is 0 Å². The lowest BCUT2D eigenvalue weighted by Crippen LogP contribution is -2.39. The van der Waals surface area contributed by atoms with Crippen LogP contribution >= 0.6 is 0 Å². The molecule has 0 aliphatic carbocycles. The number of hydrogen-bond acceptors (Lipinski definition) is 4. The molecular formula is C8H16N2O3. The number of hydrogen-bond donors (Lipinski definition) is 2. The molecule has 0 heterocycles. The Kier molecular flexibility index (Phi) is 3.87. The first-order valence-electron chi connectivity index (χ1n) is 3.99. The van der Waals surface area contributed by atoms with Gasteiger partial charge in [-0.2, -0.15) is 0 Å². The first-order valence-corrected chi connectivity index (χ1v) is 3.99. The van der Waals surface area contributed by atoms with Gasteiger partial charge in [-0.1, -0.05) is 0 Å². The van der Waals surface area contributed by atoms with Gasteiger partial charge < -0.3 is 16.2 Å². The minimum atomic E-state index is -0.963. The first kappa shape index (κ1) is 11.9. The van der Waals surface area contributed by atoms with E-state index >= 15 is 0 Å². The molecule has 0 saturated heterocycles. The molecule has 0 aromatic heterocycles. The number of rotatable bonds is 3. The fraction of sp³-hybridized carbons (Fsp3) is 0.750. The van der Waals surface area contributed by atoms with Crippen molar-refractivity contribution in [2.75, 3.05) is 0 Å². The summed E-state index contributed by atoms with van der Waals surface area (Å²) in [5, 5.41) is 0. The first-order chi connectivity index (χ1) is 5.72. The van der Waals surface area contributed by atoms with E-state index in [0.717, 1.165) is 0 Å². The van der Waals surface area contributed by atoms with Gasteiger partial charge in [0, 0.05) is 0 Å². The van der Waals surface area contributed by atoms with Crippen molar-refractivity contribution in [3.05, 3.63) is 0 Å². The van der Waals surface area contributed by atoms with E-state index in [4.69, 9.17) is 16.2 Å². The monoisotopic (exact) mass is 188 g/mol. The maximum atomic E-state index is 11.1. The Morgan fingerprint density at radius 1 is 1.38 bits per heavy atom. The van der Waals surface area contributed by atoms with Gasteiger partial charge in [0.05, 0.1) is 12.5 Å². The number of ether oxygens (including phenoxy) is 1. The van der Waals surface area contributed by atoms with E-state index in [9.17, 15) is 9.59 Å². The summed E-state index contributed by atoms with van der Waals surface area (Å²) < 4.78 is 4.93. The van der Waals surface area contributed by atoms with Crippen molar-refractivity contribution in [2.45, 2.75) is 38.8 Å². The van der Waals surface area contributed by atoms with Crippen LogP contribution in [0.4, 0.5) is 0 Å². The van der Waals surface area contributed by atoms with Crippen molar-refractivity contribution >= 4 is 11.9 Å². The number of primary amides is 1. The fourth-order valence-electron chi connectivity index (χ4n) is 0.663. The summed E-state index contributed by atoms with van der Waals surface area (Å²) in [5.41, 5.74) is 9.58. The van der Waals surface area contributed by atoms with Crippen LogP contribution in [0.3, 0.4) is 0 Å². The molecule has 0 fully saturated rings. The van der Waals surface area contributed by atoms with E-state index in [1.807, 2.05) is 0 Å². The van der Waals surface area contributed by atoms with Gasteiger partial charge in [-0.05, 0) is 20.8 Å². The average molecular weight is 188 g/mol. The lowest BCUT2D eigenvalue weighted by molar-refractivity contribution is -0.156. The van der Waals surface area contributed by atoms with E-state index in [2.05, 4.69) is 0 Å². The molecule has 76 valence electrons. The van der Waals surface area contributed by atoms with Crippen molar-refractivity contribution in [2.24, 2.45) is 11.5 Å². The van der Waals surface area contributed by atoms with Crippen LogP contribution in [0.1, 0.15) is 27.2 Å². The van der Waals surface area contributed by atoms with Crippen LogP contribution in [0.25, 0.3) is 0 Å². The predicted molar refractivity (Wildman–Crippen MR) is 47.6 cm³/mol. The normalized spacial score (nSPS) is 13.5. The van der Waals surface area contributed by atoms with Crippen LogP contribution in [0.2, 0.25) is 0 Å². The summed E-state index contributed by atoms with van der Waals surface area (Å²) in [5.74, 6) is -1.22. The molecule has 0 saturated carbocycles. The van der Waals surface area contributed by atoms with Crippen molar-refractivity contribution < 1.29 is 14.3 Å². The number of carbonyl (C=O) groups excluding carboxylic acids is 2. The van der Waals surface area contributed by atoms with Crippen LogP contribution < -0.4 is 11.5 Å². The van der Waals surface area contributed by atoms with Gasteiger partial charge in [0.25, 0.3) is 0 Å². The van der Waals surface area contributed by atoms with Gasteiger partial charge in [-0.25, -0.2) is 0 Å². The standard InChI is InChI=1S/C8H16N2O3/c1-8(2,3)13-6(11)4-5(9)7(10)12/h5H,4,9H2,1-3H3,(H2,10,12). The number of nitrogens with two attached hydrogens (primary N) is 2. The van der Waals surface area contributed by atoms with E-state index in [0.29, 0.717) is 0 Å². The molecule has 1 unspecified atom stereocenters. The Bertz CT molecular complexity index is 208. The molecule has 5 heteroatoms. The lowest BCUT2D eigenvalue weighted by Gasteiger charge is -2.20. The molecule has 0 aliphatic heterocycles. The minimum Gasteiger partial charge on any atom is -0.460 e. The average Bonchev–Trinajstić information content (AvgIpc) is 1.81. The Hall–Kier alpha value is -1.10. The molecule has 1 amide bonds. The largest absolute Gasteiger partial charge is 0.460 e. The SMILES string of the molecule is CC(C)(C)OC(=O)CC(N)C(N)=O. The van der Waals surface area contributed by atoms with Crippen molar-refractivity contribution in [3.63, 3.8) is 0 Å². The van der Waals surface area contributed by atoms with E-state index in [-0.39, 0.29) is 6.42 Å². The van der Waals surface area contributed by atoms with Gasteiger partial charge in [0.15, 0.2) is 0 Å². The Balaban J connectivity index is 3.96. The van der Waals surface area contributed by atoms with Gasteiger partial charge in [0.2, 0.25) is 5.91 Å². The second kappa shape index (κ2) is 4.23. The molecule has 0 spiro atoms. The summed E-state index contributed by atoms with van der Waals surface area (Å²) in [6, 6.07) is -0.963. The third kappa shape index (κ3) is 6.10. The van der Waals surface area contributed by atoms with Gasteiger partial charge in [0.1, 0.15) is 5.60 Å². The molecule has 0 radical (unpaired) electrons. The van der Waals surface area contributed by atoms with Gasteiger partial charge >= 0.3 is 5.97 Å². The molecule has 5 nitrogen and oxygen atoms in total. The molecule has 13 heavy (non-hydrogen) atoms. The van der Waals surface area contributed by atoms with Crippen LogP contribution in [0.15, 0.2) is 0 Å². The summed E-state index contributed by atoms with van der Waals surface area (Å²) in [6.45, 7) is 5.21. The van der Waals surface area contributed by atoms with Crippen molar-refractivity contribution in [1.29, 1.82) is 0 Å². The molecular weight excluding hydrogens is 172 g/mol. The van der Waals surface area contributed by atoms with Crippen molar-refractivity contribution in [1.82, 2.24) is 0 Å². The third-order valence-electron chi connectivity index (χ3n) is 1.17. The molecule has 1 atom stereocenters. The zero-order valence-corrected chi connectivity index (χ0v) is 8.16. The highest BCUT2D eigenvalue weighted by Crippen LogP contribution is 2.08. The molecule has 0 aromatic rings. The zero-order valence-electron chi connectivity index (χ0n) is 8.16. The maximum Gasteiger partial charge on any atom is 0.308 e. The summed E-state index contributed by atoms with van der Waals surface area (Å²) in [6.07, 6.45) is -0.174. The number of amides is 1. The summed E-state index contributed by atoms with van der Waals surface area (Å²) in [7, 11) is 0. The van der Waals surface area contributed by atoms with Crippen LogP contribution in [0, 0.1) is 0 Å². The van der Waals surface area contributed by atoms with Crippen LogP contribution in [-0.2, 0) is 14.3 Å². The van der Waals surface area contributed by atoms with E-state index in [1.54, 1.807) is 20.8 Å². The summed E-state index contributed by atoms with van der Waals surface area (Å²) >= 11 is 0. The highest BCUT2D eigenvalue weighted by atomic mass is 16.6.